The topological polar surface area (TPSA) is 93.2 Å². The molecular formula is C27H30N2O6. The van der Waals surface area contributed by atoms with Gasteiger partial charge in [-0.2, -0.15) is 0 Å². The summed E-state index contributed by atoms with van der Waals surface area (Å²) < 4.78 is 10.3. The van der Waals surface area contributed by atoms with Crippen LogP contribution in [0, 0.1) is 0 Å². The van der Waals surface area contributed by atoms with Gasteiger partial charge in [-0.1, -0.05) is 18.6 Å². The molecule has 4 rings (SSSR count). The van der Waals surface area contributed by atoms with E-state index in [0.717, 1.165) is 19.3 Å². The Kier molecular flexibility index (Phi) is 7.31. The van der Waals surface area contributed by atoms with Crippen LogP contribution in [-0.2, 0) is 14.3 Å². The Hall–Kier alpha value is -3.52. The first-order valence-corrected chi connectivity index (χ1v) is 11.9. The summed E-state index contributed by atoms with van der Waals surface area (Å²) in [5.74, 6) is -1.12. The van der Waals surface area contributed by atoms with Crippen molar-refractivity contribution < 1.29 is 28.7 Å². The molecule has 2 aliphatic rings. The van der Waals surface area contributed by atoms with Crippen LogP contribution in [0.25, 0.3) is 0 Å². The van der Waals surface area contributed by atoms with Gasteiger partial charge in [0, 0.05) is 12.1 Å². The summed E-state index contributed by atoms with van der Waals surface area (Å²) in [6.45, 7) is 3.78. The van der Waals surface area contributed by atoms with Crippen molar-refractivity contribution in [3.8, 4) is 5.75 Å². The van der Waals surface area contributed by atoms with Gasteiger partial charge < -0.3 is 9.47 Å². The molecule has 8 nitrogen and oxygen atoms in total. The number of Topliss-reactive ketones (excluding diaryl/α,β-unsaturated/α-hetero) is 1. The van der Waals surface area contributed by atoms with Crippen molar-refractivity contribution >= 4 is 29.3 Å². The molecule has 0 aromatic heterocycles. The number of nitrogens with zero attached hydrogens (tertiary/aromatic N) is 2. The molecule has 35 heavy (non-hydrogen) atoms. The standard InChI is InChI=1S/C27H30N2O6/c1-17-7-6-8-18(2)28(17)22-15-25(31)29(26(22)32)20-13-11-19(12-14-20)27(33)35-16-23(30)21-9-4-5-10-24(21)34-3/h4-5,9-14,17-18,22H,6-8,15-16H2,1-3H3/t17-,18+,22?. The zero-order valence-corrected chi connectivity index (χ0v) is 20.2. The number of benzene rings is 2. The van der Waals surface area contributed by atoms with Crippen LogP contribution in [0.1, 0.15) is 60.2 Å². The number of piperidine rings is 1. The van der Waals surface area contributed by atoms with Crippen LogP contribution in [0.3, 0.4) is 0 Å². The zero-order valence-electron chi connectivity index (χ0n) is 20.2. The van der Waals surface area contributed by atoms with Crippen LogP contribution in [0.4, 0.5) is 5.69 Å². The van der Waals surface area contributed by atoms with E-state index in [9.17, 15) is 19.2 Å². The number of carbonyl (C=O) groups is 4. The molecule has 2 aromatic rings. The van der Waals surface area contributed by atoms with E-state index in [1.165, 1.54) is 24.1 Å². The van der Waals surface area contributed by atoms with Crippen LogP contribution >= 0.6 is 0 Å². The monoisotopic (exact) mass is 478 g/mol. The summed E-state index contributed by atoms with van der Waals surface area (Å²) in [6.07, 6.45) is 3.30. The van der Waals surface area contributed by atoms with Crippen molar-refractivity contribution in [1.29, 1.82) is 0 Å². The molecule has 1 unspecified atom stereocenters. The van der Waals surface area contributed by atoms with E-state index < -0.39 is 18.6 Å². The molecule has 0 N–H and O–H groups in total. The number of methoxy groups -OCH3 is 1. The zero-order chi connectivity index (χ0) is 25.1. The van der Waals surface area contributed by atoms with Gasteiger partial charge in [0.15, 0.2) is 6.61 Å². The minimum atomic E-state index is -0.673. The molecule has 2 heterocycles. The van der Waals surface area contributed by atoms with Crippen molar-refractivity contribution in [2.45, 2.75) is 57.7 Å². The lowest BCUT2D eigenvalue weighted by Crippen LogP contribution is -2.52. The van der Waals surface area contributed by atoms with E-state index in [-0.39, 0.29) is 41.7 Å². The number of para-hydroxylation sites is 1. The number of anilines is 1. The predicted molar refractivity (Wildman–Crippen MR) is 130 cm³/mol. The van der Waals surface area contributed by atoms with Crippen LogP contribution < -0.4 is 9.64 Å². The Morgan fingerprint density at radius 3 is 2.29 bits per heavy atom. The normalized spacial score (nSPS) is 22.8. The van der Waals surface area contributed by atoms with Crippen LogP contribution in [0.15, 0.2) is 48.5 Å². The second kappa shape index (κ2) is 10.4. The fourth-order valence-electron chi connectivity index (χ4n) is 5.09. The molecule has 8 heteroatoms. The third-order valence-electron chi connectivity index (χ3n) is 6.85. The molecule has 2 saturated heterocycles. The molecule has 2 aromatic carbocycles. The first-order chi connectivity index (χ1) is 16.8. The third-order valence-corrected chi connectivity index (χ3v) is 6.85. The Morgan fingerprint density at radius 1 is 0.971 bits per heavy atom. The lowest BCUT2D eigenvalue weighted by Gasteiger charge is -2.41. The molecule has 0 bridgehead atoms. The van der Waals surface area contributed by atoms with E-state index in [1.807, 2.05) is 0 Å². The van der Waals surface area contributed by atoms with Gasteiger partial charge in [-0.05, 0) is 63.1 Å². The Labute approximate surface area is 204 Å². The summed E-state index contributed by atoms with van der Waals surface area (Å²) in [7, 11) is 1.46. The van der Waals surface area contributed by atoms with Gasteiger partial charge in [0.25, 0.3) is 5.91 Å². The SMILES string of the molecule is COc1ccccc1C(=O)COC(=O)c1ccc(N2C(=O)CC(N3[C@H](C)CCC[C@@H]3C)C2=O)cc1. The number of esters is 1. The highest BCUT2D eigenvalue weighted by Crippen LogP contribution is 2.32. The van der Waals surface area contributed by atoms with Crippen LogP contribution in [0.2, 0.25) is 0 Å². The van der Waals surface area contributed by atoms with Gasteiger partial charge in [-0.25, -0.2) is 9.69 Å². The fraction of sp³-hybridized carbons (Fsp3) is 0.407. The first kappa shape index (κ1) is 24.6. The fourth-order valence-corrected chi connectivity index (χ4v) is 5.09. The van der Waals surface area contributed by atoms with Gasteiger partial charge in [-0.3, -0.25) is 19.3 Å². The number of hydrogen-bond acceptors (Lipinski definition) is 7. The molecule has 2 amide bonds. The molecule has 0 aliphatic carbocycles. The maximum Gasteiger partial charge on any atom is 0.338 e. The van der Waals surface area contributed by atoms with Gasteiger partial charge in [0.2, 0.25) is 11.7 Å². The molecule has 0 saturated carbocycles. The number of hydrogen-bond donors (Lipinski definition) is 0. The quantitative estimate of drug-likeness (QED) is 0.341. The highest BCUT2D eigenvalue weighted by Gasteiger charge is 2.46. The Morgan fingerprint density at radius 2 is 1.63 bits per heavy atom. The number of rotatable bonds is 7. The summed E-state index contributed by atoms with van der Waals surface area (Å²) >= 11 is 0. The first-order valence-electron chi connectivity index (χ1n) is 11.9. The number of ketones is 1. The van der Waals surface area contributed by atoms with E-state index in [4.69, 9.17) is 9.47 Å². The summed E-state index contributed by atoms with van der Waals surface area (Å²) in [5.41, 5.74) is 0.966. The van der Waals surface area contributed by atoms with Gasteiger partial charge in [0.1, 0.15) is 5.75 Å². The van der Waals surface area contributed by atoms with Gasteiger partial charge in [0.05, 0.1) is 36.4 Å². The van der Waals surface area contributed by atoms with E-state index in [1.54, 1.807) is 36.4 Å². The second-order valence-corrected chi connectivity index (χ2v) is 9.11. The van der Waals surface area contributed by atoms with Crippen molar-refractivity contribution in [2.75, 3.05) is 18.6 Å². The summed E-state index contributed by atoms with van der Waals surface area (Å²) in [4.78, 5) is 54.3. The van der Waals surface area contributed by atoms with Crippen molar-refractivity contribution in [3.63, 3.8) is 0 Å². The summed E-state index contributed by atoms with van der Waals surface area (Å²) in [5, 5.41) is 0. The highest BCUT2D eigenvalue weighted by molar-refractivity contribution is 6.22. The molecule has 184 valence electrons. The minimum absolute atomic E-state index is 0.155. The minimum Gasteiger partial charge on any atom is -0.496 e. The van der Waals surface area contributed by atoms with E-state index in [0.29, 0.717) is 17.0 Å². The molecular weight excluding hydrogens is 448 g/mol. The number of amides is 2. The molecule has 2 fully saturated rings. The lowest BCUT2D eigenvalue weighted by atomic mass is 9.94. The Balaban J connectivity index is 1.41. The maximum atomic E-state index is 13.2. The van der Waals surface area contributed by atoms with Gasteiger partial charge in [-0.15, -0.1) is 0 Å². The van der Waals surface area contributed by atoms with Crippen molar-refractivity contribution in [1.82, 2.24) is 4.90 Å². The molecule has 2 aliphatic heterocycles. The second-order valence-electron chi connectivity index (χ2n) is 9.11. The summed E-state index contributed by atoms with van der Waals surface area (Å²) in [6, 6.07) is 12.8. The predicted octanol–water partition coefficient (Wildman–Crippen LogP) is 3.63. The molecule has 0 spiro atoms. The number of ether oxygens (including phenoxy) is 2. The molecule has 0 radical (unpaired) electrons. The van der Waals surface area contributed by atoms with E-state index >= 15 is 0 Å². The maximum absolute atomic E-state index is 13.2. The highest BCUT2D eigenvalue weighted by atomic mass is 16.5. The smallest absolute Gasteiger partial charge is 0.338 e. The van der Waals surface area contributed by atoms with Crippen molar-refractivity contribution in [3.05, 3.63) is 59.7 Å². The average Bonchev–Trinajstić information content (AvgIpc) is 3.15. The average molecular weight is 479 g/mol. The van der Waals surface area contributed by atoms with Gasteiger partial charge >= 0.3 is 5.97 Å². The number of imide groups is 1. The third kappa shape index (κ3) is 4.98. The van der Waals surface area contributed by atoms with E-state index in [2.05, 4.69) is 18.7 Å². The largest absolute Gasteiger partial charge is 0.496 e. The van der Waals surface area contributed by atoms with Crippen LogP contribution in [0.5, 0.6) is 5.75 Å². The number of carbonyl (C=O) groups excluding carboxylic acids is 4. The van der Waals surface area contributed by atoms with Crippen LogP contribution in [-0.4, -0.2) is 60.3 Å². The lowest BCUT2D eigenvalue weighted by molar-refractivity contribution is -0.124. The Bertz CT molecular complexity index is 1120. The number of likely N-dealkylation sites (tertiary alicyclic amines) is 1. The van der Waals surface area contributed by atoms with Crippen molar-refractivity contribution in [2.24, 2.45) is 0 Å². The molecule has 3 atom stereocenters.